The molecule has 0 bridgehead atoms. The predicted octanol–water partition coefficient (Wildman–Crippen LogP) is 1.75. The summed E-state index contributed by atoms with van der Waals surface area (Å²) in [4.78, 5) is 25.1. The molecule has 0 aliphatic carbocycles. The lowest BCUT2D eigenvalue weighted by Gasteiger charge is -2.32. The van der Waals surface area contributed by atoms with Crippen molar-refractivity contribution in [3.8, 4) is 0 Å². The first-order valence-corrected chi connectivity index (χ1v) is 7.58. The molecule has 0 saturated carbocycles. The molecule has 23 heavy (non-hydrogen) atoms. The average molecular weight is 326 g/mol. The quantitative estimate of drug-likeness (QED) is 0.776. The van der Waals surface area contributed by atoms with Crippen molar-refractivity contribution < 1.29 is 23.1 Å². The van der Waals surface area contributed by atoms with Gasteiger partial charge in [0.2, 0.25) is 5.91 Å². The largest absolute Gasteiger partial charge is 0.462 e. The number of nitrogens with zero attached hydrogens (tertiary/aromatic N) is 1. The molecule has 1 aliphatic rings. The number of alkyl halides is 2. The van der Waals surface area contributed by atoms with Crippen LogP contribution in [0.3, 0.4) is 0 Å². The Hall–Kier alpha value is -2.02. The highest BCUT2D eigenvalue weighted by atomic mass is 19.3. The highest BCUT2D eigenvalue weighted by Crippen LogP contribution is 2.32. The second kappa shape index (κ2) is 7.50. The summed E-state index contributed by atoms with van der Waals surface area (Å²) in [7, 11) is 0. The van der Waals surface area contributed by atoms with E-state index in [9.17, 15) is 18.4 Å². The molecule has 0 radical (unpaired) electrons. The Morgan fingerprint density at radius 3 is 2.48 bits per heavy atom. The third-order valence-corrected chi connectivity index (χ3v) is 3.71. The van der Waals surface area contributed by atoms with Crippen LogP contribution >= 0.6 is 0 Å². The highest BCUT2D eigenvalue weighted by Gasteiger charge is 2.49. The number of carbonyl (C=O) groups is 2. The van der Waals surface area contributed by atoms with Crippen LogP contribution in [0.5, 0.6) is 0 Å². The number of benzene rings is 1. The summed E-state index contributed by atoms with van der Waals surface area (Å²) in [5.74, 6) is -5.62. The molecule has 1 saturated heterocycles. The molecule has 1 amide bonds. The van der Waals surface area contributed by atoms with Crippen LogP contribution in [0.1, 0.15) is 24.9 Å². The second-order valence-electron chi connectivity index (χ2n) is 5.30. The lowest BCUT2D eigenvalue weighted by molar-refractivity contribution is -0.176. The van der Waals surface area contributed by atoms with Gasteiger partial charge >= 0.3 is 11.9 Å². The Bertz CT molecular complexity index is 548. The van der Waals surface area contributed by atoms with Crippen LogP contribution < -0.4 is 5.32 Å². The Labute approximate surface area is 133 Å². The van der Waals surface area contributed by atoms with Crippen LogP contribution in [-0.2, 0) is 14.3 Å². The number of likely N-dealkylation sites (tertiary alicyclic amines) is 1. The van der Waals surface area contributed by atoms with Gasteiger partial charge < -0.3 is 9.64 Å². The third-order valence-electron chi connectivity index (χ3n) is 3.71. The molecular formula is C16H20F2N2O3. The summed E-state index contributed by atoms with van der Waals surface area (Å²) in [6, 6.07) is 6.24. The molecule has 0 aromatic heterocycles. The number of rotatable bonds is 7. The van der Waals surface area contributed by atoms with Crippen LogP contribution in [-0.4, -0.2) is 48.9 Å². The first-order chi connectivity index (χ1) is 11.0. The van der Waals surface area contributed by atoms with Crippen LogP contribution in [0.4, 0.5) is 8.78 Å². The zero-order chi connectivity index (χ0) is 16.9. The summed E-state index contributed by atoms with van der Waals surface area (Å²) >= 11 is 0. The van der Waals surface area contributed by atoms with Gasteiger partial charge in [0.15, 0.2) is 0 Å². The monoisotopic (exact) mass is 326 g/mol. The summed E-state index contributed by atoms with van der Waals surface area (Å²) in [6.45, 7) is 2.36. The maximum Gasteiger partial charge on any atom is 0.379 e. The van der Waals surface area contributed by atoms with E-state index in [-0.39, 0.29) is 24.6 Å². The fourth-order valence-electron chi connectivity index (χ4n) is 2.31. The lowest BCUT2D eigenvalue weighted by atomic mass is 10.0. The summed E-state index contributed by atoms with van der Waals surface area (Å²) in [5, 5.41) is 2.52. The lowest BCUT2D eigenvalue weighted by Crippen LogP contribution is -2.50. The van der Waals surface area contributed by atoms with Gasteiger partial charge in [-0.1, -0.05) is 30.3 Å². The van der Waals surface area contributed by atoms with E-state index in [0.29, 0.717) is 13.1 Å². The summed E-state index contributed by atoms with van der Waals surface area (Å²) in [6.07, 6.45) is 0.923. The number of ether oxygens (including phenoxy) is 1. The van der Waals surface area contributed by atoms with Crippen molar-refractivity contribution in [2.24, 2.45) is 0 Å². The number of halogens is 2. The number of carbonyl (C=O) groups excluding carboxylic acids is 2. The number of nitrogens with one attached hydrogen (secondary N) is 1. The molecule has 0 spiro atoms. The number of hydrogen-bond acceptors (Lipinski definition) is 4. The van der Waals surface area contributed by atoms with Gasteiger partial charge in [-0.3, -0.25) is 10.1 Å². The van der Waals surface area contributed by atoms with Crippen molar-refractivity contribution >= 4 is 11.9 Å². The van der Waals surface area contributed by atoms with E-state index in [1.165, 1.54) is 19.1 Å². The molecule has 1 aliphatic heterocycles. The highest BCUT2D eigenvalue weighted by molar-refractivity contribution is 5.80. The first-order valence-electron chi connectivity index (χ1n) is 7.58. The molecule has 1 aromatic rings. The van der Waals surface area contributed by atoms with Crippen molar-refractivity contribution in [1.29, 1.82) is 0 Å². The standard InChI is InChI=1S/C16H20F2N2O3/c1-2-23-15(22)16(17,18)14(12-7-4-3-5-8-12)19-11-13(21)20-9-6-10-20/h3-5,7-8,14,19H,2,6,9-11H2,1H3. The van der Waals surface area contributed by atoms with Crippen LogP contribution in [0.2, 0.25) is 0 Å². The maximum atomic E-state index is 14.4. The Kier molecular flexibility index (Phi) is 5.65. The molecule has 1 unspecified atom stereocenters. The molecule has 2 rings (SSSR count). The fourth-order valence-corrected chi connectivity index (χ4v) is 2.31. The van der Waals surface area contributed by atoms with E-state index in [1.54, 1.807) is 23.1 Å². The molecule has 1 atom stereocenters. The predicted molar refractivity (Wildman–Crippen MR) is 80.0 cm³/mol. The average Bonchev–Trinajstić information content (AvgIpc) is 2.46. The Balaban J connectivity index is 2.14. The number of hydrogen-bond donors (Lipinski definition) is 1. The van der Waals surface area contributed by atoms with Crippen molar-refractivity contribution in [1.82, 2.24) is 10.2 Å². The normalized spacial score (nSPS) is 15.7. The van der Waals surface area contributed by atoms with Gasteiger partial charge in [0.25, 0.3) is 0 Å². The van der Waals surface area contributed by atoms with Crippen LogP contribution in [0, 0.1) is 0 Å². The van der Waals surface area contributed by atoms with Crippen LogP contribution in [0.15, 0.2) is 30.3 Å². The van der Waals surface area contributed by atoms with Gasteiger partial charge in [0, 0.05) is 13.1 Å². The molecule has 126 valence electrons. The minimum atomic E-state index is -3.77. The molecular weight excluding hydrogens is 306 g/mol. The van der Waals surface area contributed by atoms with E-state index < -0.39 is 17.9 Å². The van der Waals surface area contributed by atoms with Crippen molar-refractivity contribution in [2.45, 2.75) is 25.3 Å². The van der Waals surface area contributed by atoms with E-state index >= 15 is 0 Å². The van der Waals surface area contributed by atoms with Gasteiger partial charge in [0.1, 0.15) is 6.04 Å². The van der Waals surface area contributed by atoms with Crippen molar-refractivity contribution in [2.75, 3.05) is 26.2 Å². The van der Waals surface area contributed by atoms with E-state index in [0.717, 1.165) is 6.42 Å². The van der Waals surface area contributed by atoms with E-state index in [4.69, 9.17) is 0 Å². The van der Waals surface area contributed by atoms with Crippen LogP contribution in [0.25, 0.3) is 0 Å². The van der Waals surface area contributed by atoms with Gasteiger partial charge in [-0.25, -0.2) is 4.79 Å². The molecule has 1 heterocycles. The number of amides is 1. The first kappa shape index (κ1) is 17.3. The minimum absolute atomic E-state index is 0.136. The molecule has 1 fully saturated rings. The van der Waals surface area contributed by atoms with Gasteiger partial charge in [0.05, 0.1) is 13.2 Å². The molecule has 1 aromatic carbocycles. The number of esters is 1. The fraction of sp³-hybridized carbons (Fsp3) is 0.500. The molecule has 5 nitrogen and oxygen atoms in total. The van der Waals surface area contributed by atoms with Gasteiger partial charge in [-0.2, -0.15) is 8.78 Å². The molecule has 7 heteroatoms. The summed E-state index contributed by atoms with van der Waals surface area (Å²) in [5.41, 5.74) is 0.224. The van der Waals surface area contributed by atoms with Crippen molar-refractivity contribution in [3.63, 3.8) is 0 Å². The molecule has 1 N–H and O–H groups in total. The smallest absolute Gasteiger partial charge is 0.379 e. The van der Waals surface area contributed by atoms with Gasteiger partial charge in [-0.05, 0) is 18.9 Å². The third kappa shape index (κ3) is 4.04. The van der Waals surface area contributed by atoms with E-state index in [2.05, 4.69) is 10.1 Å². The Morgan fingerprint density at radius 1 is 1.30 bits per heavy atom. The van der Waals surface area contributed by atoms with Crippen molar-refractivity contribution in [3.05, 3.63) is 35.9 Å². The van der Waals surface area contributed by atoms with E-state index in [1.807, 2.05) is 0 Å². The summed E-state index contributed by atoms with van der Waals surface area (Å²) < 4.78 is 33.4. The van der Waals surface area contributed by atoms with Gasteiger partial charge in [-0.15, -0.1) is 0 Å². The Morgan fingerprint density at radius 2 is 1.96 bits per heavy atom. The second-order valence-corrected chi connectivity index (χ2v) is 5.30. The topological polar surface area (TPSA) is 58.6 Å². The maximum absolute atomic E-state index is 14.4. The zero-order valence-electron chi connectivity index (χ0n) is 12.9. The zero-order valence-corrected chi connectivity index (χ0v) is 12.9. The minimum Gasteiger partial charge on any atom is -0.462 e. The SMILES string of the molecule is CCOC(=O)C(F)(F)C(NCC(=O)N1CCC1)c1ccccc1.